The first-order valence-corrected chi connectivity index (χ1v) is 6.99. The van der Waals surface area contributed by atoms with Crippen molar-refractivity contribution in [1.29, 1.82) is 0 Å². The largest absolute Gasteiger partial charge is 0.467 e. The molecule has 122 valence electrons. The first kappa shape index (κ1) is 17.7. The molecule has 0 aliphatic carbocycles. The van der Waals surface area contributed by atoms with Gasteiger partial charge in [-0.05, 0) is 51.3 Å². The number of amides is 1. The van der Waals surface area contributed by atoms with Gasteiger partial charge in [-0.2, -0.15) is 0 Å². The first-order valence-electron chi connectivity index (χ1n) is 6.99. The Hall–Kier alpha value is -2.31. The van der Waals surface area contributed by atoms with Crippen LogP contribution in [0.15, 0.2) is 18.3 Å². The van der Waals surface area contributed by atoms with Crippen molar-refractivity contribution in [2.24, 2.45) is 0 Å². The third-order valence-electron chi connectivity index (χ3n) is 2.74. The molecule has 1 rings (SSSR count). The Balaban J connectivity index is 2.65. The molecule has 0 saturated carbocycles. The van der Waals surface area contributed by atoms with Crippen molar-refractivity contribution >= 4 is 17.9 Å². The Morgan fingerprint density at radius 1 is 1.41 bits per heavy atom. The monoisotopic (exact) mass is 309 g/mol. The number of hydrogen-bond acceptors (Lipinski definition) is 6. The molecule has 0 aliphatic rings. The van der Waals surface area contributed by atoms with Crippen LogP contribution in [0.2, 0.25) is 0 Å². The normalized spacial score (nSPS) is 12.4. The number of pyridine rings is 1. The molecule has 1 amide bonds. The fraction of sp³-hybridized carbons (Fsp3) is 0.533. The number of aromatic nitrogens is 1. The van der Waals surface area contributed by atoms with Crippen LogP contribution in [0.1, 0.15) is 32.8 Å². The lowest BCUT2D eigenvalue weighted by molar-refractivity contribution is -0.143. The Kier molecular flexibility index (Phi) is 6.15. The number of rotatable bonds is 5. The van der Waals surface area contributed by atoms with Gasteiger partial charge in [0.15, 0.2) is 0 Å². The van der Waals surface area contributed by atoms with Gasteiger partial charge in [0.2, 0.25) is 0 Å². The van der Waals surface area contributed by atoms with E-state index in [2.05, 4.69) is 10.3 Å². The van der Waals surface area contributed by atoms with Crippen LogP contribution in [0.4, 0.5) is 10.6 Å². The SMILES string of the molecule is COC(=O)[C@H](CCc1ccnc(N)c1)NC(=O)OC(C)(C)C. The summed E-state index contributed by atoms with van der Waals surface area (Å²) < 4.78 is 9.86. The number of anilines is 1. The number of carbonyl (C=O) groups is 2. The fourth-order valence-electron chi connectivity index (χ4n) is 1.80. The number of nitrogens with one attached hydrogen (secondary N) is 1. The van der Waals surface area contributed by atoms with E-state index in [1.54, 1.807) is 39.1 Å². The number of alkyl carbamates (subject to hydrolysis) is 1. The van der Waals surface area contributed by atoms with Gasteiger partial charge in [0.1, 0.15) is 17.5 Å². The van der Waals surface area contributed by atoms with Crippen LogP contribution < -0.4 is 11.1 Å². The molecular formula is C15H23N3O4. The molecule has 1 aromatic heterocycles. The molecular weight excluding hydrogens is 286 g/mol. The summed E-state index contributed by atoms with van der Waals surface area (Å²) in [5.41, 5.74) is 5.90. The highest BCUT2D eigenvalue weighted by Gasteiger charge is 2.24. The lowest BCUT2D eigenvalue weighted by Crippen LogP contribution is -2.44. The minimum absolute atomic E-state index is 0.370. The van der Waals surface area contributed by atoms with E-state index in [1.807, 2.05) is 0 Å². The van der Waals surface area contributed by atoms with E-state index in [0.29, 0.717) is 18.7 Å². The smallest absolute Gasteiger partial charge is 0.408 e. The summed E-state index contributed by atoms with van der Waals surface area (Å²) in [7, 11) is 1.27. The number of nitrogen functional groups attached to an aromatic ring is 1. The molecule has 7 heteroatoms. The minimum atomic E-state index is -0.783. The third kappa shape index (κ3) is 6.43. The molecule has 3 N–H and O–H groups in total. The maximum Gasteiger partial charge on any atom is 0.408 e. The Morgan fingerprint density at radius 2 is 2.09 bits per heavy atom. The Bertz CT molecular complexity index is 526. The molecule has 0 unspecified atom stereocenters. The Morgan fingerprint density at radius 3 is 2.64 bits per heavy atom. The molecule has 1 aromatic rings. The van der Waals surface area contributed by atoms with Crippen molar-refractivity contribution in [3.63, 3.8) is 0 Å². The predicted molar refractivity (Wildman–Crippen MR) is 82.1 cm³/mol. The second-order valence-electron chi connectivity index (χ2n) is 5.85. The number of nitrogens with zero attached hydrogens (tertiary/aromatic N) is 1. The number of carbonyl (C=O) groups excluding carboxylic acids is 2. The molecule has 0 fully saturated rings. The molecule has 0 radical (unpaired) electrons. The summed E-state index contributed by atoms with van der Waals surface area (Å²) >= 11 is 0. The number of ether oxygens (including phenoxy) is 2. The van der Waals surface area contributed by atoms with Gasteiger partial charge in [0, 0.05) is 6.20 Å². The van der Waals surface area contributed by atoms with Crippen molar-refractivity contribution in [3.05, 3.63) is 23.9 Å². The van der Waals surface area contributed by atoms with Crippen LogP contribution in [0.3, 0.4) is 0 Å². The molecule has 1 atom stereocenters. The average Bonchev–Trinajstić information content (AvgIpc) is 2.40. The quantitative estimate of drug-likeness (QED) is 0.802. The summed E-state index contributed by atoms with van der Waals surface area (Å²) in [6.07, 6.45) is 1.86. The highest BCUT2D eigenvalue weighted by molar-refractivity contribution is 5.81. The van der Waals surface area contributed by atoms with Gasteiger partial charge in [0.05, 0.1) is 7.11 Å². The number of esters is 1. The van der Waals surface area contributed by atoms with E-state index in [9.17, 15) is 9.59 Å². The molecule has 7 nitrogen and oxygen atoms in total. The van der Waals surface area contributed by atoms with Crippen LogP contribution in [0.5, 0.6) is 0 Å². The second-order valence-corrected chi connectivity index (χ2v) is 5.85. The minimum Gasteiger partial charge on any atom is -0.467 e. The topological polar surface area (TPSA) is 104 Å². The molecule has 0 aliphatic heterocycles. The van der Waals surface area contributed by atoms with Gasteiger partial charge in [-0.25, -0.2) is 14.6 Å². The molecule has 0 aromatic carbocycles. The van der Waals surface area contributed by atoms with Crippen LogP contribution in [-0.4, -0.2) is 35.8 Å². The summed E-state index contributed by atoms with van der Waals surface area (Å²) in [5.74, 6) is -0.111. The van der Waals surface area contributed by atoms with Crippen LogP contribution in [-0.2, 0) is 20.7 Å². The average molecular weight is 309 g/mol. The molecule has 0 spiro atoms. The summed E-state index contributed by atoms with van der Waals surface area (Å²) in [6, 6.07) is 2.74. The predicted octanol–water partition coefficient (Wildman–Crippen LogP) is 1.66. The number of hydrogen-bond donors (Lipinski definition) is 2. The highest BCUT2D eigenvalue weighted by Crippen LogP contribution is 2.10. The van der Waals surface area contributed by atoms with Crippen molar-refractivity contribution < 1.29 is 19.1 Å². The Labute approximate surface area is 130 Å². The summed E-state index contributed by atoms with van der Waals surface area (Å²) in [4.78, 5) is 27.5. The van der Waals surface area contributed by atoms with Gasteiger partial charge in [-0.1, -0.05) is 0 Å². The fourth-order valence-corrected chi connectivity index (χ4v) is 1.80. The van der Waals surface area contributed by atoms with Crippen LogP contribution >= 0.6 is 0 Å². The van der Waals surface area contributed by atoms with E-state index >= 15 is 0 Å². The van der Waals surface area contributed by atoms with Crippen molar-refractivity contribution in [1.82, 2.24) is 10.3 Å². The van der Waals surface area contributed by atoms with Crippen LogP contribution in [0.25, 0.3) is 0 Å². The summed E-state index contributed by atoms with van der Waals surface area (Å²) in [6.45, 7) is 5.25. The standard InChI is InChI=1S/C15H23N3O4/c1-15(2,3)22-14(20)18-11(13(19)21-4)6-5-10-7-8-17-12(16)9-10/h7-9,11H,5-6H2,1-4H3,(H2,16,17)(H,18,20)/t11-/m0/s1. The molecule has 0 bridgehead atoms. The maximum atomic E-state index is 11.8. The summed E-state index contributed by atoms with van der Waals surface area (Å²) in [5, 5.41) is 2.53. The second kappa shape index (κ2) is 7.63. The van der Waals surface area contributed by atoms with Gasteiger partial charge in [-0.3, -0.25) is 0 Å². The van der Waals surface area contributed by atoms with Crippen LogP contribution in [0, 0.1) is 0 Å². The van der Waals surface area contributed by atoms with E-state index in [0.717, 1.165) is 5.56 Å². The van der Waals surface area contributed by atoms with Crippen molar-refractivity contribution in [2.45, 2.75) is 45.3 Å². The van der Waals surface area contributed by atoms with E-state index < -0.39 is 23.7 Å². The lowest BCUT2D eigenvalue weighted by Gasteiger charge is -2.22. The third-order valence-corrected chi connectivity index (χ3v) is 2.74. The number of aryl methyl sites for hydroxylation is 1. The first-order chi connectivity index (χ1) is 10.2. The lowest BCUT2D eigenvalue weighted by atomic mass is 10.1. The maximum absolute atomic E-state index is 11.8. The number of methoxy groups -OCH3 is 1. The zero-order chi connectivity index (χ0) is 16.8. The zero-order valence-electron chi connectivity index (χ0n) is 13.4. The van der Waals surface area contributed by atoms with E-state index in [-0.39, 0.29) is 0 Å². The van der Waals surface area contributed by atoms with E-state index in [1.165, 1.54) is 7.11 Å². The molecule has 1 heterocycles. The molecule has 22 heavy (non-hydrogen) atoms. The zero-order valence-corrected chi connectivity index (χ0v) is 13.4. The van der Waals surface area contributed by atoms with Crippen molar-refractivity contribution in [3.8, 4) is 0 Å². The molecule has 0 saturated heterocycles. The van der Waals surface area contributed by atoms with Gasteiger partial charge in [-0.15, -0.1) is 0 Å². The van der Waals surface area contributed by atoms with Gasteiger partial charge >= 0.3 is 12.1 Å². The highest BCUT2D eigenvalue weighted by atomic mass is 16.6. The van der Waals surface area contributed by atoms with E-state index in [4.69, 9.17) is 15.2 Å². The van der Waals surface area contributed by atoms with Gasteiger partial charge in [0.25, 0.3) is 0 Å². The van der Waals surface area contributed by atoms with Gasteiger partial charge < -0.3 is 20.5 Å². The van der Waals surface area contributed by atoms with Crippen molar-refractivity contribution in [2.75, 3.05) is 12.8 Å². The number of nitrogens with two attached hydrogens (primary N) is 1.